The number of amides is 1. The zero-order valence-corrected chi connectivity index (χ0v) is 14.8. The third-order valence-corrected chi connectivity index (χ3v) is 5.32. The van der Waals surface area contributed by atoms with Crippen LogP contribution in [0.25, 0.3) is 0 Å². The number of hydrogen-bond donors (Lipinski definition) is 4. The number of carbonyl (C=O) groups excluding carboxylic acids is 1. The molecule has 4 atom stereocenters. The minimum Gasteiger partial charge on any atom is -0.508 e. The third kappa shape index (κ3) is 3.95. The zero-order valence-electron chi connectivity index (χ0n) is 13.3. The monoisotopic (exact) mass is 376 g/mol. The Labute approximate surface area is 150 Å². The lowest BCUT2D eigenvalue weighted by atomic mass is 9.82. The van der Waals surface area contributed by atoms with Gasteiger partial charge in [-0.1, -0.05) is 23.2 Å². The predicted octanol–water partition coefficient (Wildman–Crippen LogP) is 1.68. The Morgan fingerprint density at radius 1 is 1.42 bits per heavy atom. The Bertz CT molecular complexity index is 614. The third-order valence-electron chi connectivity index (χ3n) is 4.59. The summed E-state index contributed by atoms with van der Waals surface area (Å²) in [5.41, 5.74) is 6.83. The van der Waals surface area contributed by atoms with Gasteiger partial charge in [0.05, 0.1) is 16.7 Å². The summed E-state index contributed by atoms with van der Waals surface area (Å²) >= 11 is 11.9. The molecule has 2 rings (SSSR count). The number of piperidine rings is 1. The van der Waals surface area contributed by atoms with E-state index in [0.29, 0.717) is 30.0 Å². The van der Waals surface area contributed by atoms with Crippen LogP contribution >= 0.6 is 23.2 Å². The molecule has 1 aliphatic rings. The van der Waals surface area contributed by atoms with E-state index in [1.54, 1.807) is 11.0 Å². The molecule has 0 saturated carbocycles. The maximum Gasteiger partial charge on any atom is 0.254 e. The number of halogens is 2. The quantitative estimate of drug-likeness (QED) is 0.639. The first-order chi connectivity index (χ1) is 11.3. The van der Waals surface area contributed by atoms with Gasteiger partial charge in [-0.3, -0.25) is 4.79 Å². The van der Waals surface area contributed by atoms with Crippen LogP contribution in [0.2, 0.25) is 10.0 Å². The van der Waals surface area contributed by atoms with Crippen LogP contribution in [0.3, 0.4) is 0 Å². The average molecular weight is 377 g/mol. The highest BCUT2D eigenvalue weighted by atomic mass is 35.5. The molecule has 1 fully saturated rings. The molecule has 1 aromatic carbocycles. The second kappa shape index (κ2) is 7.89. The van der Waals surface area contributed by atoms with Crippen molar-refractivity contribution >= 4 is 29.1 Å². The molecule has 1 aliphatic heterocycles. The van der Waals surface area contributed by atoms with E-state index < -0.39 is 24.7 Å². The Hall–Kier alpha value is -1.05. The summed E-state index contributed by atoms with van der Waals surface area (Å²) in [5, 5.41) is 29.1. The smallest absolute Gasteiger partial charge is 0.254 e. The summed E-state index contributed by atoms with van der Waals surface area (Å²) in [4.78, 5) is 13.6. The number of rotatable bonds is 4. The second-order valence-electron chi connectivity index (χ2n) is 6.21. The summed E-state index contributed by atoms with van der Waals surface area (Å²) in [6.07, 6.45) is -0.156. The summed E-state index contributed by atoms with van der Waals surface area (Å²) in [5.74, 6) is -0.438. The topological polar surface area (TPSA) is 107 Å². The van der Waals surface area contributed by atoms with Crippen molar-refractivity contribution in [3.63, 3.8) is 0 Å². The summed E-state index contributed by atoms with van der Waals surface area (Å²) in [7, 11) is 0. The Kier molecular flexibility index (Phi) is 6.33. The molecule has 1 heterocycles. The van der Waals surface area contributed by atoms with E-state index in [0.717, 1.165) is 0 Å². The number of aliphatic hydroxyl groups is 2. The minimum absolute atomic E-state index is 0.00115. The molecule has 8 heteroatoms. The minimum atomic E-state index is -1.39. The fourth-order valence-electron chi connectivity index (χ4n) is 3.20. The number of nitrogens with two attached hydrogens (primary N) is 1. The van der Waals surface area contributed by atoms with Crippen molar-refractivity contribution in [1.29, 1.82) is 0 Å². The number of likely N-dealkylation sites (tertiary alicyclic amines) is 1. The molecule has 0 radical (unpaired) electrons. The van der Waals surface area contributed by atoms with Crippen molar-refractivity contribution in [2.24, 2.45) is 11.7 Å². The summed E-state index contributed by atoms with van der Waals surface area (Å²) in [6, 6.07) is 2.37. The maximum absolute atomic E-state index is 12.0. The average Bonchev–Trinajstić information content (AvgIpc) is 2.56. The van der Waals surface area contributed by atoms with E-state index in [1.807, 2.05) is 6.92 Å². The standard InChI is InChI=1S/C16H22Cl2N2O4/c1-8-4-9(2-3-20(8)16(24)14(23)7-21)15(19)10-5-11(17)12(18)6-13(10)22/h5-6,8-9,14-15,21-23H,2-4,7,19H2,1H3/t8-,9+,14-,15-/m1/s1. The van der Waals surface area contributed by atoms with Gasteiger partial charge in [-0.25, -0.2) is 0 Å². The second-order valence-corrected chi connectivity index (χ2v) is 7.03. The Morgan fingerprint density at radius 3 is 2.62 bits per heavy atom. The van der Waals surface area contributed by atoms with Gasteiger partial charge in [0.2, 0.25) is 0 Å². The van der Waals surface area contributed by atoms with Gasteiger partial charge in [0.25, 0.3) is 5.91 Å². The van der Waals surface area contributed by atoms with E-state index in [4.69, 9.17) is 34.0 Å². The van der Waals surface area contributed by atoms with Crippen molar-refractivity contribution in [3.8, 4) is 5.75 Å². The molecule has 0 unspecified atom stereocenters. The fourth-order valence-corrected chi connectivity index (χ4v) is 3.53. The number of nitrogens with zero attached hydrogens (tertiary/aromatic N) is 1. The highest BCUT2D eigenvalue weighted by Gasteiger charge is 2.35. The van der Waals surface area contributed by atoms with E-state index in [2.05, 4.69) is 0 Å². The number of aliphatic hydroxyl groups excluding tert-OH is 2. The van der Waals surface area contributed by atoms with Gasteiger partial charge < -0.3 is 26.0 Å². The first-order valence-electron chi connectivity index (χ1n) is 7.79. The van der Waals surface area contributed by atoms with Crippen LogP contribution in [0.4, 0.5) is 0 Å². The lowest BCUT2D eigenvalue weighted by molar-refractivity contribution is -0.146. The molecule has 1 saturated heterocycles. The molecular formula is C16H22Cl2N2O4. The number of aromatic hydroxyl groups is 1. The number of carbonyl (C=O) groups is 1. The van der Waals surface area contributed by atoms with Crippen LogP contribution in [0, 0.1) is 5.92 Å². The highest BCUT2D eigenvalue weighted by molar-refractivity contribution is 6.42. The van der Waals surface area contributed by atoms with E-state index in [-0.39, 0.29) is 22.7 Å². The summed E-state index contributed by atoms with van der Waals surface area (Å²) < 4.78 is 0. The molecule has 6 nitrogen and oxygen atoms in total. The first-order valence-corrected chi connectivity index (χ1v) is 8.54. The fraction of sp³-hybridized carbons (Fsp3) is 0.562. The molecule has 134 valence electrons. The van der Waals surface area contributed by atoms with Gasteiger partial charge in [-0.2, -0.15) is 0 Å². The van der Waals surface area contributed by atoms with Gasteiger partial charge in [0.1, 0.15) is 5.75 Å². The maximum atomic E-state index is 12.0. The van der Waals surface area contributed by atoms with E-state index in [9.17, 15) is 15.0 Å². The van der Waals surface area contributed by atoms with Gasteiger partial charge in [-0.15, -0.1) is 0 Å². The van der Waals surface area contributed by atoms with Gasteiger partial charge in [0, 0.05) is 30.3 Å². The zero-order chi connectivity index (χ0) is 18.0. The van der Waals surface area contributed by atoms with Crippen LogP contribution in [0.15, 0.2) is 12.1 Å². The molecule has 0 aromatic heterocycles. The Morgan fingerprint density at radius 2 is 2.04 bits per heavy atom. The van der Waals surface area contributed by atoms with Gasteiger partial charge in [0.15, 0.2) is 6.10 Å². The van der Waals surface area contributed by atoms with E-state index in [1.165, 1.54) is 6.07 Å². The van der Waals surface area contributed by atoms with Gasteiger partial charge >= 0.3 is 0 Å². The number of hydrogen-bond acceptors (Lipinski definition) is 5. The molecule has 0 aliphatic carbocycles. The van der Waals surface area contributed by atoms with Gasteiger partial charge in [-0.05, 0) is 31.7 Å². The van der Waals surface area contributed by atoms with Crippen LogP contribution in [0.1, 0.15) is 31.4 Å². The number of phenolic OH excluding ortho intramolecular Hbond substituents is 1. The highest BCUT2D eigenvalue weighted by Crippen LogP contribution is 2.38. The van der Waals surface area contributed by atoms with Crippen molar-refractivity contribution in [1.82, 2.24) is 4.90 Å². The van der Waals surface area contributed by atoms with Crippen molar-refractivity contribution in [2.75, 3.05) is 13.2 Å². The number of phenols is 1. The van der Waals surface area contributed by atoms with Crippen LogP contribution < -0.4 is 5.73 Å². The molecule has 1 aromatic rings. The van der Waals surface area contributed by atoms with E-state index >= 15 is 0 Å². The predicted molar refractivity (Wildman–Crippen MR) is 92.0 cm³/mol. The molecule has 0 spiro atoms. The molecule has 24 heavy (non-hydrogen) atoms. The van der Waals surface area contributed by atoms with Crippen molar-refractivity contribution in [2.45, 2.75) is 38.0 Å². The largest absolute Gasteiger partial charge is 0.508 e. The SMILES string of the molecule is C[C@@H]1C[C@@H]([C@@H](N)c2cc(Cl)c(Cl)cc2O)CCN1C(=O)[C@H](O)CO. The Balaban J connectivity index is 2.10. The number of benzene rings is 1. The lowest BCUT2D eigenvalue weighted by Gasteiger charge is -2.40. The van der Waals surface area contributed by atoms with Crippen LogP contribution in [0.5, 0.6) is 5.75 Å². The molecule has 5 N–H and O–H groups in total. The normalized spacial score (nSPS) is 23.8. The van der Waals surface area contributed by atoms with Crippen LogP contribution in [-0.2, 0) is 4.79 Å². The van der Waals surface area contributed by atoms with Crippen molar-refractivity contribution < 1.29 is 20.1 Å². The molecular weight excluding hydrogens is 355 g/mol. The first kappa shape index (κ1) is 19.3. The summed E-state index contributed by atoms with van der Waals surface area (Å²) in [6.45, 7) is 1.70. The lowest BCUT2D eigenvalue weighted by Crippen LogP contribution is -2.50. The van der Waals surface area contributed by atoms with Crippen molar-refractivity contribution in [3.05, 3.63) is 27.7 Å². The van der Waals surface area contributed by atoms with Crippen LogP contribution in [-0.4, -0.2) is 51.4 Å². The molecule has 0 bridgehead atoms. The molecule has 1 amide bonds.